The number of sulfonamides is 1. The lowest BCUT2D eigenvalue weighted by Crippen LogP contribution is -2.41. The predicted molar refractivity (Wildman–Crippen MR) is 114 cm³/mol. The van der Waals surface area contributed by atoms with E-state index in [9.17, 15) is 13.2 Å². The Hall–Kier alpha value is -2.74. The van der Waals surface area contributed by atoms with Crippen LogP contribution in [0, 0.1) is 0 Å². The van der Waals surface area contributed by atoms with Crippen molar-refractivity contribution >= 4 is 21.6 Å². The highest BCUT2D eigenvalue weighted by Crippen LogP contribution is 2.25. The summed E-state index contributed by atoms with van der Waals surface area (Å²) in [5.41, 5.74) is 1.46. The number of nitrogens with one attached hydrogen (secondary N) is 1. The molecule has 1 amide bonds. The number of methoxy groups -OCH3 is 1. The van der Waals surface area contributed by atoms with Gasteiger partial charge in [0.2, 0.25) is 15.9 Å². The summed E-state index contributed by atoms with van der Waals surface area (Å²) in [5.74, 6) is 1.20. The third kappa shape index (κ3) is 6.67. The Kier molecular flexibility index (Phi) is 7.90. The van der Waals surface area contributed by atoms with Crippen molar-refractivity contribution in [2.45, 2.75) is 19.8 Å². The Morgan fingerprint density at radius 3 is 2.52 bits per heavy atom. The molecule has 0 aliphatic heterocycles. The molecule has 0 radical (unpaired) electrons. The fourth-order valence-electron chi connectivity index (χ4n) is 2.79. The van der Waals surface area contributed by atoms with Crippen molar-refractivity contribution in [3.8, 4) is 11.5 Å². The monoisotopic (exact) mass is 420 g/mol. The molecule has 0 bridgehead atoms. The number of hydrogen-bond donors (Lipinski definition) is 1. The van der Waals surface area contributed by atoms with Gasteiger partial charge < -0.3 is 14.8 Å². The molecule has 0 aliphatic carbocycles. The largest absolute Gasteiger partial charge is 0.497 e. The van der Waals surface area contributed by atoms with Gasteiger partial charge in [-0.2, -0.15) is 0 Å². The maximum atomic E-state index is 12.3. The molecule has 0 spiro atoms. The van der Waals surface area contributed by atoms with Crippen molar-refractivity contribution in [3.63, 3.8) is 0 Å². The third-order valence-electron chi connectivity index (χ3n) is 4.25. The summed E-state index contributed by atoms with van der Waals surface area (Å²) in [5, 5.41) is 2.70. The Labute approximate surface area is 172 Å². The number of nitrogens with zero attached hydrogens (tertiary/aromatic N) is 1. The molecule has 2 rings (SSSR count). The van der Waals surface area contributed by atoms with Crippen molar-refractivity contribution in [2.75, 3.05) is 37.4 Å². The van der Waals surface area contributed by atoms with Gasteiger partial charge in [0.25, 0.3) is 0 Å². The molecule has 0 atom stereocenters. The average molecular weight is 421 g/mol. The lowest BCUT2D eigenvalue weighted by molar-refractivity contribution is -0.119. The van der Waals surface area contributed by atoms with Gasteiger partial charge in [-0.05, 0) is 29.7 Å². The maximum Gasteiger partial charge on any atom is 0.240 e. The Morgan fingerprint density at radius 1 is 1.14 bits per heavy atom. The first kappa shape index (κ1) is 22.5. The van der Waals surface area contributed by atoms with Crippen LogP contribution in [0.4, 0.5) is 5.69 Å². The van der Waals surface area contributed by atoms with Crippen molar-refractivity contribution in [2.24, 2.45) is 0 Å². The molecular formula is C21H28N2O5S. The number of hydrogen-bond acceptors (Lipinski definition) is 5. The fourth-order valence-corrected chi connectivity index (χ4v) is 3.64. The van der Waals surface area contributed by atoms with Crippen molar-refractivity contribution in [1.29, 1.82) is 0 Å². The van der Waals surface area contributed by atoms with Crippen LogP contribution in [-0.2, 0) is 14.8 Å². The number of amides is 1. The number of anilines is 1. The highest BCUT2D eigenvalue weighted by Gasteiger charge is 2.21. The van der Waals surface area contributed by atoms with Crippen LogP contribution in [0.3, 0.4) is 0 Å². The smallest absolute Gasteiger partial charge is 0.240 e. The first-order valence-corrected chi connectivity index (χ1v) is 11.2. The zero-order valence-corrected chi connectivity index (χ0v) is 18.0. The van der Waals surface area contributed by atoms with Crippen LogP contribution in [0.1, 0.15) is 25.3 Å². The van der Waals surface area contributed by atoms with Gasteiger partial charge in [0, 0.05) is 6.07 Å². The van der Waals surface area contributed by atoms with Gasteiger partial charge in [0.15, 0.2) is 0 Å². The van der Waals surface area contributed by atoms with Crippen LogP contribution in [0.5, 0.6) is 11.5 Å². The van der Waals surface area contributed by atoms with E-state index in [-0.39, 0.29) is 19.7 Å². The van der Waals surface area contributed by atoms with E-state index in [1.807, 2.05) is 24.3 Å². The molecule has 0 fully saturated rings. The minimum atomic E-state index is -3.64. The Balaban J connectivity index is 1.94. The number of ether oxygens (including phenoxy) is 2. The van der Waals surface area contributed by atoms with E-state index < -0.39 is 15.9 Å². The molecule has 0 aromatic heterocycles. The normalized spacial score (nSPS) is 11.2. The lowest BCUT2D eigenvalue weighted by Gasteiger charge is -2.22. The van der Waals surface area contributed by atoms with Gasteiger partial charge in [-0.15, -0.1) is 0 Å². The van der Waals surface area contributed by atoms with Crippen molar-refractivity contribution in [1.82, 2.24) is 5.32 Å². The molecule has 0 aliphatic rings. The van der Waals surface area contributed by atoms with E-state index in [0.717, 1.165) is 21.9 Å². The second-order valence-corrected chi connectivity index (χ2v) is 8.77. The summed E-state index contributed by atoms with van der Waals surface area (Å²) in [6, 6.07) is 14.3. The van der Waals surface area contributed by atoms with Crippen molar-refractivity contribution < 1.29 is 22.7 Å². The fraction of sp³-hybridized carbons (Fsp3) is 0.381. The Bertz CT molecular complexity index is 928. The average Bonchev–Trinajstić information content (AvgIpc) is 2.68. The molecule has 0 heterocycles. The summed E-state index contributed by atoms with van der Waals surface area (Å²) in [4.78, 5) is 12.3. The minimum absolute atomic E-state index is 0.265. The van der Waals surface area contributed by atoms with Gasteiger partial charge in [0.05, 0.1) is 25.6 Å². The highest BCUT2D eigenvalue weighted by molar-refractivity contribution is 7.92. The van der Waals surface area contributed by atoms with Gasteiger partial charge in [-0.25, -0.2) is 8.42 Å². The second-order valence-electron chi connectivity index (χ2n) is 6.86. The van der Waals surface area contributed by atoms with Gasteiger partial charge in [0.1, 0.15) is 24.7 Å². The van der Waals surface area contributed by atoms with Crippen LogP contribution >= 0.6 is 0 Å². The van der Waals surface area contributed by atoms with Crippen LogP contribution < -0.4 is 19.1 Å². The van der Waals surface area contributed by atoms with E-state index >= 15 is 0 Å². The van der Waals surface area contributed by atoms with E-state index in [1.54, 1.807) is 24.3 Å². The SMILES string of the molecule is COc1cccc(N(CC(=O)NCCOc2ccccc2C(C)C)S(C)(=O)=O)c1. The molecule has 8 heteroatoms. The Morgan fingerprint density at radius 2 is 1.86 bits per heavy atom. The quantitative estimate of drug-likeness (QED) is 0.598. The molecule has 7 nitrogen and oxygen atoms in total. The lowest BCUT2D eigenvalue weighted by atomic mass is 10.0. The molecule has 29 heavy (non-hydrogen) atoms. The second kappa shape index (κ2) is 10.2. The van der Waals surface area contributed by atoms with Crippen molar-refractivity contribution in [3.05, 3.63) is 54.1 Å². The molecule has 158 valence electrons. The van der Waals surface area contributed by atoms with Crippen LogP contribution in [0.2, 0.25) is 0 Å². The standard InChI is InChI=1S/C21H28N2O5S/c1-16(2)19-10-5-6-11-20(19)28-13-12-22-21(24)15-23(29(4,25)26)17-8-7-9-18(14-17)27-3/h5-11,14,16H,12-13,15H2,1-4H3,(H,22,24). The van der Waals surface area contributed by atoms with Gasteiger partial charge in [-0.3, -0.25) is 9.10 Å². The number of carbonyl (C=O) groups is 1. The van der Waals surface area contributed by atoms with E-state index in [1.165, 1.54) is 7.11 Å². The zero-order valence-electron chi connectivity index (χ0n) is 17.2. The van der Waals surface area contributed by atoms with Gasteiger partial charge >= 0.3 is 0 Å². The van der Waals surface area contributed by atoms with E-state index in [4.69, 9.17) is 9.47 Å². The van der Waals surface area contributed by atoms with E-state index in [2.05, 4.69) is 19.2 Å². The maximum absolute atomic E-state index is 12.3. The molecule has 0 saturated heterocycles. The number of rotatable bonds is 10. The van der Waals surface area contributed by atoms with Crippen LogP contribution in [0.15, 0.2) is 48.5 Å². The number of carbonyl (C=O) groups excluding carboxylic acids is 1. The summed E-state index contributed by atoms with van der Waals surface area (Å²) in [7, 11) is -2.15. The topological polar surface area (TPSA) is 84.9 Å². The number of para-hydroxylation sites is 1. The highest BCUT2D eigenvalue weighted by atomic mass is 32.2. The first-order chi connectivity index (χ1) is 13.7. The summed E-state index contributed by atoms with van der Waals surface area (Å²) < 4.78 is 36.3. The number of benzene rings is 2. The van der Waals surface area contributed by atoms with Crippen LogP contribution in [0.25, 0.3) is 0 Å². The molecule has 0 unspecified atom stereocenters. The van der Waals surface area contributed by atoms with Crippen LogP contribution in [-0.4, -0.2) is 47.4 Å². The molecule has 1 N–H and O–H groups in total. The zero-order chi connectivity index (χ0) is 21.4. The third-order valence-corrected chi connectivity index (χ3v) is 5.39. The summed E-state index contributed by atoms with van der Waals surface area (Å²) in [6.07, 6.45) is 1.06. The first-order valence-electron chi connectivity index (χ1n) is 9.32. The molecule has 2 aromatic rings. The van der Waals surface area contributed by atoms with Gasteiger partial charge in [-0.1, -0.05) is 38.1 Å². The predicted octanol–water partition coefficient (Wildman–Crippen LogP) is 2.78. The summed E-state index contributed by atoms with van der Waals surface area (Å²) in [6.45, 7) is 4.40. The minimum Gasteiger partial charge on any atom is -0.497 e. The molecule has 2 aromatic carbocycles. The van der Waals surface area contributed by atoms with E-state index in [0.29, 0.717) is 17.4 Å². The summed E-state index contributed by atoms with van der Waals surface area (Å²) >= 11 is 0. The molecule has 0 saturated carbocycles. The molecular weight excluding hydrogens is 392 g/mol.